The summed E-state index contributed by atoms with van der Waals surface area (Å²) in [5.74, 6) is 0. The highest BCUT2D eigenvalue weighted by Crippen LogP contribution is 2.48. The van der Waals surface area contributed by atoms with E-state index in [2.05, 4.69) is 21.4 Å². The number of anilines is 2. The van der Waals surface area contributed by atoms with Crippen LogP contribution in [0.2, 0.25) is 0 Å². The van der Waals surface area contributed by atoms with Crippen molar-refractivity contribution in [3.05, 3.63) is 84.4 Å². The molecule has 0 fully saturated rings. The van der Waals surface area contributed by atoms with E-state index in [1.54, 1.807) is 11.2 Å². The zero-order chi connectivity index (χ0) is 22.1. The maximum Gasteiger partial charge on any atom is 0.185 e. The molecule has 0 saturated carbocycles. The highest BCUT2D eigenvalue weighted by molar-refractivity contribution is 5.83. The number of azo groups is 1. The number of hydrogen-bond acceptors (Lipinski definition) is 6. The minimum absolute atomic E-state index is 0.510. The molecule has 3 aromatic carbocycles. The Balaban J connectivity index is 1.50. The molecule has 6 heteroatoms. The van der Waals surface area contributed by atoms with Gasteiger partial charge in [-0.1, -0.05) is 50.2 Å². The molecule has 4 rings (SSSR count). The van der Waals surface area contributed by atoms with Gasteiger partial charge in [0.2, 0.25) is 0 Å². The van der Waals surface area contributed by atoms with Crippen LogP contribution < -0.4 is 9.91 Å². The topological polar surface area (TPSA) is 63.8 Å². The Bertz CT molecular complexity index is 1110. The summed E-state index contributed by atoms with van der Waals surface area (Å²) in [5, 5.41) is 26.4. The second-order valence-corrected chi connectivity index (χ2v) is 8.25. The summed E-state index contributed by atoms with van der Waals surface area (Å²) in [5.41, 5.74) is 2.81. The van der Waals surface area contributed by atoms with E-state index >= 15 is 0 Å². The van der Waals surface area contributed by atoms with E-state index in [4.69, 9.17) is 0 Å². The van der Waals surface area contributed by atoms with Crippen molar-refractivity contribution in [1.29, 1.82) is 0 Å². The van der Waals surface area contributed by atoms with Crippen LogP contribution in [0.25, 0.3) is 0 Å². The van der Waals surface area contributed by atoms with Crippen molar-refractivity contribution < 1.29 is 5.11 Å². The third-order valence-corrected chi connectivity index (χ3v) is 6.04. The highest BCUT2D eigenvalue weighted by atomic mass is 16.3. The Morgan fingerprint density at radius 3 is 2.06 bits per heavy atom. The van der Waals surface area contributed by atoms with Gasteiger partial charge < -0.3 is 10.0 Å². The Labute approximate surface area is 183 Å². The van der Waals surface area contributed by atoms with E-state index in [1.807, 2.05) is 106 Å². The first-order valence-electron chi connectivity index (χ1n) is 10.2. The zero-order valence-corrected chi connectivity index (χ0v) is 18.3. The molecule has 0 radical (unpaired) electrons. The average Bonchev–Trinajstić information content (AvgIpc) is 2.95. The molecule has 0 aromatic heterocycles. The first-order chi connectivity index (χ1) is 14.8. The molecule has 1 aliphatic heterocycles. The number of rotatable bonds is 5. The first-order valence-corrected chi connectivity index (χ1v) is 10.2. The molecule has 31 heavy (non-hydrogen) atoms. The quantitative estimate of drug-likeness (QED) is 0.334. The van der Waals surface area contributed by atoms with E-state index in [9.17, 15) is 5.11 Å². The van der Waals surface area contributed by atoms with Crippen LogP contribution in [0.5, 0.6) is 0 Å². The molecule has 6 nitrogen and oxygen atoms in total. The van der Waals surface area contributed by atoms with Crippen LogP contribution in [-0.2, 0) is 5.41 Å². The van der Waals surface area contributed by atoms with Gasteiger partial charge in [0.05, 0.1) is 23.3 Å². The van der Waals surface area contributed by atoms with E-state index in [-0.39, 0.29) is 0 Å². The predicted molar refractivity (Wildman–Crippen MR) is 127 cm³/mol. The molecule has 0 spiro atoms. The third-order valence-electron chi connectivity index (χ3n) is 6.04. The van der Waals surface area contributed by atoms with Crippen molar-refractivity contribution in [2.45, 2.75) is 25.0 Å². The lowest BCUT2D eigenvalue weighted by atomic mass is 9.78. The van der Waals surface area contributed by atoms with Crippen molar-refractivity contribution >= 4 is 29.0 Å². The van der Waals surface area contributed by atoms with Crippen LogP contribution >= 0.6 is 0 Å². The Morgan fingerprint density at radius 2 is 1.42 bits per heavy atom. The number of nitrogens with zero attached hydrogens (tertiary/aromatic N) is 5. The first kappa shape index (κ1) is 20.8. The van der Waals surface area contributed by atoms with Gasteiger partial charge in [-0.3, -0.25) is 5.01 Å². The van der Waals surface area contributed by atoms with Crippen molar-refractivity contribution in [3.63, 3.8) is 0 Å². The summed E-state index contributed by atoms with van der Waals surface area (Å²) in [6.07, 6.45) is 1.62. The largest absolute Gasteiger partial charge is 0.365 e. The highest BCUT2D eigenvalue weighted by Gasteiger charge is 2.54. The minimum Gasteiger partial charge on any atom is -0.365 e. The molecule has 1 atom stereocenters. The molecular weight excluding hydrogens is 386 g/mol. The molecule has 1 N–H and O–H groups in total. The molecular formula is C25H27N5O. The summed E-state index contributed by atoms with van der Waals surface area (Å²) in [4.78, 5) is 1.88. The number of aliphatic hydroxyl groups is 1. The molecule has 0 saturated heterocycles. The third kappa shape index (κ3) is 3.70. The molecule has 1 aliphatic rings. The minimum atomic E-state index is -1.24. The molecule has 158 valence electrons. The van der Waals surface area contributed by atoms with Crippen molar-refractivity contribution in [3.8, 4) is 0 Å². The monoisotopic (exact) mass is 413 g/mol. The summed E-state index contributed by atoms with van der Waals surface area (Å²) in [7, 11) is 3.75. The van der Waals surface area contributed by atoms with Crippen LogP contribution in [0.1, 0.15) is 19.4 Å². The van der Waals surface area contributed by atoms with Gasteiger partial charge in [0.15, 0.2) is 5.72 Å². The van der Waals surface area contributed by atoms with Gasteiger partial charge in [0.25, 0.3) is 0 Å². The van der Waals surface area contributed by atoms with Crippen LogP contribution in [0.4, 0.5) is 22.7 Å². The second-order valence-electron chi connectivity index (χ2n) is 8.25. The summed E-state index contributed by atoms with van der Waals surface area (Å²) in [6, 6.07) is 25.3. The van der Waals surface area contributed by atoms with Gasteiger partial charge in [-0.25, -0.2) is 0 Å². The number of benzene rings is 3. The van der Waals surface area contributed by atoms with E-state index in [1.165, 1.54) is 0 Å². The lowest BCUT2D eigenvalue weighted by Gasteiger charge is -2.38. The number of fused-ring (bicyclic) bond motifs is 1. The number of para-hydroxylation sites is 1. The lowest BCUT2D eigenvalue weighted by Crippen LogP contribution is -2.56. The van der Waals surface area contributed by atoms with Gasteiger partial charge in [-0.05, 0) is 48.0 Å². The average molecular weight is 414 g/mol. The lowest BCUT2D eigenvalue weighted by molar-refractivity contribution is 0.0585. The summed E-state index contributed by atoms with van der Waals surface area (Å²) >= 11 is 0. The fourth-order valence-corrected chi connectivity index (χ4v) is 3.92. The number of hydrogen-bond donors (Lipinski definition) is 1. The predicted octanol–water partition coefficient (Wildman–Crippen LogP) is 5.64. The van der Waals surface area contributed by atoms with Crippen molar-refractivity contribution in [1.82, 2.24) is 0 Å². The van der Waals surface area contributed by atoms with Gasteiger partial charge in [0.1, 0.15) is 0 Å². The molecule has 1 unspecified atom stereocenters. The molecule has 3 aromatic rings. The van der Waals surface area contributed by atoms with Crippen molar-refractivity contribution in [2.24, 2.45) is 15.3 Å². The molecule has 0 amide bonds. The summed E-state index contributed by atoms with van der Waals surface area (Å²) in [6.45, 7) is 4.07. The fourth-order valence-electron chi connectivity index (χ4n) is 3.92. The Morgan fingerprint density at radius 1 is 0.839 bits per heavy atom. The maximum atomic E-state index is 11.5. The van der Waals surface area contributed by atoms with E-state index in [0.717, 1.165) is 28.3 Å². The molecule has 1 heterocycles. The smallest absolute Gasteiger partial charge is 0.185 e. The van der Waals surface area contributed by atoms with Crippen LogP contribution in [0.15, 0.2) is 94.2 Å². The Kier molecular flexibility index (Phi) is 5.33. The van der Waals surface area contributed by atoms with E-state index < -0.39 is 11.1 Å². The molecule has 0 aliphatic carbocycles. The van der Waals surface area contributed by atoms with Gasteiger partial charge in [0, 0.05) is 25.2 Å². The summed E-state index contributed by atoms with van der Waals surface area (Å²) < 4.78 is 0. The standard InChI is InChI=1S/C25H27N5O/c1-24(2)22-12-8-9-13-23(22)29(3)25(24,31)18-26-30(4)21-16-14-20(15-17-21)28-27-19-10-6-5-7-11-19/h5-18,31H,1-4H3/b26-18-,28-27?. The van der Waals surface area contributed by atoms with Gasteiger partial charge in [-0.2, -0.15) is 15.3 Å². The maximum absolute atomic E-state index is 11.5. The Hall–Kier alpha value is -3.51. The van der Waals surface area contributed by atoms with E-state index in [0.29, 0.717) is 0 Å². The van der Waals surface area contributed by atoms with Gasteiger partial charge >= 0.3 is 0 Å². The van der Waals surface area contributed by atoms with Crippen LogP contribution in [0, 0.1) is 0 Å². The second kappa shape index (κ2) is 7.96. The normalized spacial score (nSPS) is 19.8. The van der Waals surface area contributed by atoms with Crippen LogP contribution in [-0.4, -0.2) is 31.1 Å². The zero-order valence-electron chi connectivity index (χ0n) is 18.3. The number of hydrazone groups is 1. The number of likely N-dealkylation sites (N-methyl/N-ethyl adjacent to an activating group) is 1. The SMILES string of the molecule is CN(/N=C\C1(O)N(C)c2ccccc2C1(C)C)c1ccc(N=Nc2ccccc2)cc1. The van der Waals surface area contributed by atoms with Gasteiger partial charge in [-0.15, -0.1) is 0 Å². The van der Waals surface area contributed by atoms with Crippen molar-refractivity contribution in [2.75, 3.05) is 24.0 Å². The molecule has 0 bridgehead atoms. The van der Waals surface area contributed by atoms with Crippen LogP contribution in [0.3, 0.4) is 0 Å². The fraction of sp³-hybridized carbons (Fsp3) is 0.240.